The van der Waals surface area contributed by atoms with Gasteiger partial charge in [0, 0.05) is 13.1 Å². The molecular weight excluding hydrogens is 194 g/mol. The van der Waals surface area contributed by atoms with Gasteiger partial charge in [0.25, 0.3) is 0 Å². The van der Waals surface area contributed by atoms with Crippen molar-refractivity contribution in [3.05, 3.63) is 35.4 Å². The first kappa shape index (κ1) is 11.7. The molecule has 0 aliphatic heterocycles. The monoisotopic (exact) mass is 217 g/mol. The Labute approximate surface area is 99.3 Å². The lowest BCUT2D eigenvalue weighted by molar-refractivity contribution is 0.420. The smallest absolute Gasteiger partial charge is 0.0208 e. The van der Waals surface area contributed by atoms with Crippen molar-refractivity contribution in [3.8, 4) is 0 Å². The fourth-order valence-corrected chi connectivity index (χ4v) is 2.49. The summed E-state index contributed by atoms with van der Waals surface area (Å²) < 4.78 is 0. The van der Waals surface area contributed by atoms with Gasteiger partial charge in [-0.3, -0.25) is 0 Å². The topological polar surface area (TPSA) is 12.0 Å². The molecule has 16 heavy (non-hydrogen) atoms. The fourth-order valence-electron chi connectivity index (χ4n) is 2.49. The van der Waals surface area contributed by atoms with Crippen LogP contribution in [0.2, 0.25) is 0 Å². The average molecular weight is 217 g/mol. The van der Waals surface area contributed by atoms with E-state index in [2.05, 4.69) is 43.4 Å². The van der Waals surface area contributed by atoms with Crippen molar-refractivity contribution in [2.45, 2.75) is 46.1 Å². The number of hydrogen-bond donors (Lipinski definition) is 1. The lowest BCUT2D eigenvalue weighted by Gasteiger charge is -2.15. The Morgan fingerprint density at radius 3 is 2.62 bits per heavy atom. The van der Waals surface area contributed by atoms with Crippen LogP contribution in [0.3, 0.4) is 0 Å². The normalized spacial score (nSPS) is 17.4. The SMILES string of the molecule is CCCC1(CNCc2ccccc2C)CC1. The molecule has 0 saturated heterocycles. The minimum absolute atomic E-state index is 0.664. The molecule has 0 unspecified atom stereocenters. The Kier molecular flexibility index (Phi) is 3.65. The van der Waals surface area contributed by atoms with Gasteiger partial charge >= 0.3 is 0 Å². The van der Waals surface area contributed by atoms with Crippen LogP contribution in [0, 0.1) is 12.3 Å². The summed E-state index contributed by atoms with van der Waals surface area (Å²) in [5, 5.41) is 3.63. The Morgan fingerprint density at radius 2 is 2.00 bits per heavy atom. The first-order valence-corrected chi connectivity index (χ1v) is 6.51. The highest BCUT2D eigenvalue weighted by Gasteiger charge is 2.40. The average Bonchev–Trinajstić information content (AvgIpc) is 3.02. The van der Waals surface area contributed by atoms with Gasteiger partial charge in [0.2, 0.25) is 0 Å². The third kappa shape index (κ3) is 2.85. The molecule has 1 N–H and O–H groups in total. The van der Waals surface area contributed by atoms with E-state index >= 15 is 0 Å². The van der Waals surface area contributed by atoms with E-state index in [9.17, 15) is 0 Å². The van der Waals surface area contributed by atoms with Gasteiger partial charge in [-0.25, -0.2) is 0 Å². The largest absolute Gasteiger partial charge is 0.312 e. The van der Waals surface area contributed by atoms with Gasteiger partial charge in [-0.1, -0.05) is 37.6 Å². The van der Waals surface area contributed by atoms with Gasteiger partial charge in [-0.2, -0.15) is 0 Å². The van der Waals surface area contributed by atoms with Crippen LogP contribution in [0.1, 0.15) is 43.7 Å². The van der Waals surface area contributed by atoms with Crippen LogP contribution in [-0.4, -0.2) is 6.54 Å². The zero-order valence-corrected chi connectivity index (χ0v) is 10.6. The predicted molar refractivity (Wildman–Crippen MR) is 69.5 cm³/mol. The van der Waals surface area contributed by atoms with Crippen molar-refractivity contribution in [3.63, 3.8) is 0 Å². The van der Waals surface area contributed by atoms with Gasteiger partial charge in [0.05, 0.1) is 0 Å². The van der Waals surface area contributed by atoms with Crippen LogP contribution < -0.4 is 5.32 Å². The van der Waals surface area contributed by atoms with Crippen molar-refractivity contribution < 1.29 is 0 Å². The second-order valence-corrected chi connectivity index (χ2v) is 5.28. The number of benzene rings is 1. The first-order chi connectivity index (χ1) is 7.76. The zero-order chi connectivity index (χ0) is 11.4. The van der Waals surface area contributed by atoms with Crippen LogP contribution in [0.15, 0.2) is 24.3 Å². The summed E-state index contributed by atoms with van der Waals surface area (Å²) in [6.07, 6.45) is 5.59. The molecule has 1 fully saturated rings. The van der Waals surface area contributed by atoms with Crippen molar-refractivity contribution in [1.29, 1.82) is 0 Å². The molecule has 0 radical (unpaired) electrons. The Bertz CT molecular complexity index is 339. The summed E-state index contributed by atoms with van der Waals surface area (Å²) >= 11 is 0. The molecule has 0 amide bonds. The second kappa shape index (κ2) is 5.01. The van der Waals surface area contributed by atoms with Gasteiger partial charge in [0.1, 0.15) is 0 Å². The van der Waals surface area contributed by atoms with Gasteiger partial charge in [0.15, 0.2) is 0 Å². The second-order valence-electron chi connectivity index (χ2n) is 5.28. The van der Waals surface area contributed by atoms with Crippen molar-refractivity contribution in [1.82, 2.24) is 5.32 Å². The lowest BCUT2D eigenvalue weighted by Crippen LogP contribution is -2.23. The fraction of sp³-hybridized carbons (Fsp3) is 0.600. The molecule has 0 bridgehead atoms. The number of rotatable bonds is 6. The van der Waals surface area contributed by atoms with Gasteiger partial charge in [-0.15, -0.1) is 0 Å². The molecule has 1 aliphatic carbocycles. The van der Waals surface area contributed by atoms with E-state index in [4.69, 9.17) is 0 Å². The van der Waals surface area contributed by atoms with E-state index in [0.29, 0.717) is 5.41 Å². The summed E-state index contributed by atoms with van der Waals surface area (Å²) in [6, 6.07) is 8.65. The van der Waals surface area contributed by atoms with E-state index in [-0.39, 0.29) is 0 Å². The standard InChI is InChI=1S/C15H23N/c1-3-8-15(9-10-15)12-16-11-14-7-5-4-6-13(14)2/h4-7,16H,3,8-12H2,1-2H3. The molecule has 2 rings (SSSR count). The Hall–Kier alpha value is -0.820. The minimum atomic E-state index is 0.664. The van der Waals surface area contributed by atoms with Gasteiger partial charge in [-0.05, 0) is 42.7 Å². The molecular formula is C15H23N. The maximum absolute atomic E-state index is 3.63. The first-order valence-electron chi connectivity index (χ1n) is 6.51. The predicted octanol–water partition coefficient (Wildman–Crippen LogP) is 3.66. The molecule has 1 heteroatoms. The quantitative estimate of drug-likeness (QED) is 0.766. The van der Waals surface area contributed by atoms with Crippen molar-refractivity contribution >= 4 is 0 Å². The van der Waals surface area contributed by atoms with Crippen LogP contribution in [0.4, 0.5) is 0 Å². The highest BCUT2D eigenvalue weighted by Crippen LogP contribution is 2.48. The molecule has 0 atom stereocenters. The number of aryl methyl sites for hydroxylation is 1. The minimum Gasteiger partial charge on any atom is -0.312 e. The summed E-state index contributed by atoms with van der Waals surface area (Å²) in [5.41, 5.74) is 3.50. The van der Waals surface area contributed by atoms with E-state index in [1.807, 2.05) is 0 Å². The van der Waals surface area contributed by atoms with Crippen LogP contribution in [0.5, 0.6) is 0 Å². The molecule has 1 aromatic carbocycles. The van der Waals surface area contributed by atoms with Crippen molar-refractivity contribution in [2.75, 3.05) is 6.54 Å². The van der Waals surface area contributed by atoms with Crippen molar-refractivity contribution in [2.24, 2.45) is 5.41 Å². The summed E-state index contributed by atoms with van der Waals surface area (Å²) in [5.74, 6) is 0. The highest BCUT2D eigenvalue weighted by atomic mass is 14.9. The molecule has 0 spiro atoms. The molecule has 0 heterocycles. The van der Waals surface area contributed by atoms with E-state index in [1.165, 1.54) is 43.4 Å². The summed E-state index contributed by atoms with van der Waals surface area (Å²) in [6.45, 7) is 6.71. The maximum Gasteiger partial charge on any atom is 0.0208 e. The molecule has 1 nitrogen and oxygen atoms in total. The van der Waals surface area contributed by atoms with E-state index < -0.39 is 0 Å². The highest BCUT2D eigenvalue weighted by molar-refractivity contribution is 5.25. The third-order valence-electron chi connectivity index (χ3n) is 3.81. The maximum atomic E-state index is 3.63. The van der Waals surface area contributed by atoms with Crippen LogP contribution in [-0.2, 0) is 6.54 Å². The zero-order valence-electron chi connectivity index (χ0n) is 10.6. The Morgan fingerprint density at radius 1 is 1.25 bits per heavy atom. The summed E-state index contributed by atoms with van der Waals surface area (Å²) in [4.78, 5) is 0. The molecule has 1 aromatic rings. The molecule has 88 valence electrons. The lowest BCUT2D eigenvalue weighted by atomic mass is 10.0. The molecule has 1 saturated carbocycles. The van der Waals surface area contributed by atoms with Gasteiger partial charge < -0.3 is 5.32 Å². The third-order valence-corrected chi connectivity index (χ3v) is 3.81. The Balaban J connectivity index is 1.78. The summed E-state index contributed by atoms with van der Waals surface area (Å²) in [7, 11) is 0. The van der Waals surface area contributed by atoms with Crippen LogP contribution >= 0.6 is 0 Å². The van der Waals surface area contributed by atoms with Crippen LogP contribution in [0.25, 0.3) is 0 Å². The van der Waals surface area contributed by atoms with E-state index in [0.717, 1.165) is 6.54 Å². The number of hydrogen-bond acceptors (Lipinski definition) is 1. The molecule has 0 aromatic heterocycles. The van der Waals surface area contributed by atoms with E-state index in [1.54, 1.807) is 0 Å². The molecule has 1 aliphatic rings. The number of nitrogens with one attached hydrogen (secondary N) is 1.